The van der Waals surface area contributed by atoms with Crippen LogP contribution in [0.4, 0.5) is 0 Å². The number of aliphatic carboxylic acids is 1. The van der Waals surface area contributed by atoms with Gasteiger partial charge in [-0.1, -0.05) is 42.5 Å². The molecule has 1 atom stereocenters. The second-order valence-electron chi connectivity index (χ2n) is 4.83. The second kappa shape index (κ2) is 6.07. The summed E-state index contributed by atoms with van der Waals surface area (Å²) in [6.45, 7) is 0.618. The minimum absolute atomic E-state index is 0. The molecule has 0 saturated carbocycles. The number of halogens is 1. The van der Waals surface area contributed by atoms with E-state index in [9.17, 15) is 4.79 Å². The molecule has 0 unspecified atom stereocenters. The molecular weight excluding hydrogens is 274 g/mol. The summed E-state index contributed by atoms with van der Waals surface area (Å²) in [5.41, 5.74) is 4.69. The van der Waals surface area contributed by atoms with E-state index in [1.54, 1.807) is 0 Å². The molecule has 0 radical (unpaired) electrons. The van der Waals surface area contributed by atoms with Crippen LogP contribution in [0.25, 0.3) is 11.1 Å². The number of rotatable bonds is 2. The average Bonchev–Trinajstić information content (AvgIpc) is 2.47. The maximum Gasteiger partial charge on any atom is 0.321 e. The van der Waals surface area contributed by atoms with E-state index in [1.165, 1.54) is 16.7 Å². The first-order chi connectivity index (χ1) is 9.24. The van der Waals surface area contributed by atoms with Crippen molar-refractivity contribution in [2.75, 3.05) is 0 Å². The third-order valence-corrected chi connectivity index (χ3v) is 3.57. The number of benzene rings is 2. The molecule has 0 bridgehead atoms. The van der Waals surface area contributed by atoms with Crippen molar-refractivity contribution in [3.8, 4) is 11.1 Å². The fourth-order valence-corrected chi connectivity index (χ4v) is 2.50. The number of hydrogen-bond donors (Lipinski definition) is 2. The Morgan fingerprint density at radius 3 is 2.50 bits per heavy atom. The van der Waals surface area contributed by atoms with Gasteiger partial charge in [0.15, 0.2) is 0 Å². The molecule has 2 aromatic rings. The zero-order valence-electron chi connectivity index (χ0n) is 10.9. The van der Waals surface area contributed by atoms with Crippen molar-refractivity contribution in [1.29, 1.82) is 0 Å². The monoisotopic (exact) mass is 289 g/mol. The number of hydrogen-bond acceptors (Lipinski definition) is 2. The van der Waals surface area contributed by atoms with Gasteiger partial charge in [0.1, 0.15) is 6.04 Å². The predicted molar refractivity (Wildman–Crippen MR) is 81.1 cm³/mol. The Kier molecular flexibility index (Phi) is 4.42. The zero-order valence-corrected chi connectivity index (χ0v) is 11.7. The van der Waals surface area contributed by atoms with Gasteiger partial charge in [0.25, 0.3) is 0 Å². The molecule has 1 heterocycles. The van der Waals surface area contributed by atoms with E-state index in [-0.39, 0.29) is 12.4 Å². The quantitative estimate of drug-likeness (QED) is 0.894. The zero-order chi connectivity index (χ0) is 13.2. The van der Waals surface area contributed by atoms with E-state index < -0.39 is 12.0 Å². The van der Waals surface area contributed by atoms with Crippen LogP contribution in [0.3, 0.4) is 0 Å². The summed E-state index contributed by atoms with van der Waals surface area (Å²) < 4.78 is 0. The number of carboxylic acids is 1. The lowest BCUT2D eigenvalue weighted by Crippen LogP contribution is -2.41. The molecule has 1 aliphatic rings. The third kappa shape index (κ3) is 2.84. The van der Waals surface area contributed by atoms with E-state index in [2.05, 4.69) is 35.6 Å². The summed E-state index contributed by atoms with van der Waals surface area (Å²) in [5, 5.41) is 12.1. The van der Waals surface area contributed by atoms with Crippen molar-refractivity contribution in [2.45, 2.75) is 19.0 Å². The normalized spacial score (nSPS) is 16.9. The maximum atomic E-state index is 11.0. The average molecular weight is 290 g/mol. The molecule has 0 aromatic heterocycles. The van der Waals surface area contributed by atoms with Gasteiger partial charge in [-0.15, -0.1) is 12.4 Å². The molecule has 104 valence electrons. The van der Waals surface area contributed by atoms with Crippen molar-refractivity contribution in [3.05, 3.63) is 59.7 Å². The Labute approximate surface area is 124 Å². The minimum Gasteiger partial charge on any atom is -0.480 e. The molecule has 0 spiro atoms. The summed E-state index contributed by atoms with van der Waals surface area (Å²) in [4.78, 5) is 11.0. The summed E-state index contributed by atoms with van der Waals surface area (Å²) >= 11 is 0. The van der Waals surface area contributed by atoms with Crippen LogP contribution in [0.5, 0.6) is 0 Å². The maximum absolute atomic E-state index is 11.0. The highest BCUT2D eigenvalue weighted by Gasteiger charge is 2.23. The molecule has 3 rings (SSSR count). The Bertz CT molecular complexity index is 613. The smallest absolute Gasteiger partial charge is 0.321 e. The molecule has 0 amide bonds. The summed E-state index contributed by atoms with van der Waals surface area (Å²) in [6, 6.07) is 16.0. The van der Waals surface area contributed by atoms with E-state index in [0.717, 1.165) is 5.56 Å². The summed E-state index contributed by atoms with van der Waals surface area (Å²) in [5.74, 6) is -0.780. The van der Waals surface area contributed by atoms with E-state index in [0.29, 0.717) is 13.0 Å². The number of fused-ring (bicyclic) bond motifs is 1. The molecule has 1 aliphatic heterocycles. The first kappa shape index (κ1) is 14.6. The summed E-state index contributed by atoms with van der Waals surface area (Å²) in [7, 11) is 0. The van der Waals surface area contributed by atoms with Gasteiger partial charge >= 0.3 is 5.97 Å². The lowest BCUT2D eigenvalue weighted by atomic mass is 9.92. The van der Waals surface area contributed by atoms with E-state index >= 15 is 0 Å². The fourth-order valence-electron chi connectivity index (χ4n) is 2.50. The Morgan fingerprint density at radius 2 is 1.80 bits per heavy atom. The van der Waals surface area contributed by atoms with Crippen LogP contribution in [0, 0.1) is 0 Å². The Hall–Kier alpha value is -1.84. The van der Waals surface area contributed by atoms with Crippen molar-refractivity contribution in [1.82, 2.24) is 5.32 Å². The SMILES string of the molecule is Cl.O=C(O)[C@@H]1Cc2ccc(-c3ccccc3)cc2CN1. The predicted octanol–water partition coefficient (Wildman–Crippen LogP) is 2.87. The molecule has 0 fully saturated rings. The standard InChI is InChI=1S/C16H15NO2.ClH/c18-16(19)15-9-13-7-6-12(8-14(13)10-17-15)11-4-2-1-3-5-11;/h1-8,15,17H,9-10H2,(H,18,19);1H/t15-;/m0./s1. The van der Waals surface area contributed by atoms with Crippen LogP contribution in [0.2, 0.25) is 0 Å². The van der Waals surface area contributed by atoms with Crippen molar-refractivity contribution in [2.24, 2.45) is 0 Å². The fraction of sp³-hybridized carbons (Fsp3) is 0.188. The molecule has 0 saturated heterocycles. The molecule has 3 nitrogen and oxygen atoms in total. The van der Waals surface area contributed by atoms with Gasteiger partial charge in [-0.05, 0) is 34.7 Å². The Morgan fingerprint density at radius 1 is 1.05 bits per heavy atom. The second-order valence-corrected chi connectivity index (χ2v) is 4.83. The largest absolute Gasteiger partial charge is 0.480 e. The molecule has 2 aromatic carbocycles. The van der Waals surface area contributed by atoms with Crippen LogP contribution in [-0.4, -0.2) is 17.1 Å². The van der Waals surface area contributed by atoms with Gasteiger partial charge in [-0.3, -0.25) is 4.79 Å². The highest BCUT2D eigenvalue weighted by molar-refractivity contribution is 5.85. The molecule has 4 heteroatoms. The highest BCUT2D eigenvalue weighted by Crippen LogP contribution is 2.25. The van der Waals surface area contributed by atoms with E-state index in [4.69, 9.17) is 5.11 Å². The van der Waals surface area contributed by atoms with E-state index in [1.807, 2.05) is 18.2 Å². The number of carboxylic acid groups (broad SMARTS) is 1. The van der Waals surface area contributed by atoms with Gasteiger partial charge in [0, 0.05) is 6.54 Å². The van der Waals surface area contributed by atoms with Crippen molar-refractivity contribution in [3.63, 3.8) is 0 Å². The van der Waals surface area contributed by atoms with Gasteiger partial charge in [-0.25, -0.2) is 0 Å². The topological polar surface area (TPSA) is 49.3 Å². The van der Waals surface area contributed by atoms with Crippen LogP contribution < -0.4 is 5.32 Å². The number of carbonyl (C=O) groups is 1. The third-order valence-electron chi connectivity index (χ3n) is 3.57. The van der Waals surface area contributed by atoms with Crippen LogP contribution in [0.15, 0.2) is 48.5 Å². The molecular formula is C16H16ClNO2. The van der Waals surface area contributed by atoms with Gasteiger partial charge in [0.2, 0.25) is 0 Å². The Balaban J connectivity index is 0.00000147. The van der Waals surface area contributed by atoms with Gasteiger partial charge in [-0.2, -0.15) is 0 Å². The summed E-state index contributed by atoms with van der Waals surface area (Å²) in [6.07, 6.45) is 0.555. The van der Waals surface area contributed by atoms with Crippen LogP contribution in [0.1, 0.15) is 11.1 Å². The van der Waals surface area contributed by atoms with Gasteiger partial charge in [0.05, 0.1) is 0 Å². The lowest BCUT2D eigenvalue weighted by molar-refractivity contribution is -0.139. The van der Waals surface area contributed by atoms with Crippen molar-refractivity contribution >= 4 is 18.4 Å². The molecule has 0 aliphatic carbocycles. The molecule has 20 heavy (non-hydrogen) atoms. The lowest BCUT2D eigenvalue weighted by Gasteiger charge is -2.23. The highest BCUT2D eigenvalue weighted by atomic mass is 35.5. The molecule has 2 N–H and O–H groups in total. The number of nitrogens with one attached hydrogen (secondary N) is 1. The van der Waals surface area contributed by atoms with Crippen LogP contribution in [-0.2, 0) is 17.8 Å². The van der Waals surface area contributed by atoms with Gasteiger partial charge < -0.3 is 10.4 Å². The first-order valence-electron chi connectivity index (χ1n) is 6.37. The first-order valence-corrected chi connectivity index (χ1v) is 6.37. The van der Waals surface area contributed by atoms with Crippen LogP contribution >= 0.6 is 12.4 Å². The minimum atomic E-state index is -0.780. The van der Waals surface area contributed by atoms with Crippen molar-refractivity contribution < 1.29 is 9.90 Å².